The summed E-state index contributed by atoms with van der Waals surface area (Å²) in [7, 11) is -0.356. The van der Waals surface area contributed by atoms with Gasteiger partial charge in [-0.15, -0.1) is 15.8 Å². The van der Waals surface area contributed by atoms with Gasteiger partial charge in [-0.1, -0.05) is 0 Å². The Bertz CT molecular complexity index is 543. The fourth-order valence-corrected chi connectivity index (χ4v) is 9.89. The topological polar surface area (TPSA) is 242 Å². The zero-order valence-corrected chi connectivity index (χ0v) is 31.3. The summed E-state index contributed by atoms with van der Waals surface area (Å²) in [6.07, 6.45) is 15.4. The zero-order chi connectivity index (χ0) is 34.9. The molecule has 0 aromatic heterocycles. The van der Waals surface area contributed by atoms with Crippen molar-refractivity contribution in [3.05, 3.63) is 0 Å². The van der Waals surface area contributed by atoms with Crippen molar-refractivity contribution in [2.45, 2.75) is 71.6 Å². The van der Waals surface area contributed by atoms with Gasteiger partial charge in [0.25, 0.3) is 0 Å². The third-order valence-electron chi connectivity index (χ3n) is 7.36. The van der Waals surface area contributed by atoms with E-state index in [1.165, 1.54) is 12.3 Å². The van der Waals surface area contributed by atoms with Crippen molar-refractivity contribution in [3.63, 3.8) is 0 Å². The molecule has 0 fully saturated rings. The number of aliphatic hydroxyl groups excluding tert-OH is 8. The number of carbonyl (C=O) groups is 2. The molecule has 280 valence electrons. The van der Waals surface area contributed by atoms with E-state index >= 15 is 0 Å². The van der Waals surface area contributed by atoms with Crippen molar-refractivity contribution in [1.29, 1.82) is 0 Å². The zero-order valence-electron chi connectivity index (χ0n) is 28.0. The van der Waals surface area contributed by atoms with Gasteiger partial charge in [0.2, 0.25) is 0 Å². The van der Waals surface area contributed by atoms with Crippen LogP contribution in [0.1, 0.15) is 71.6 Å². The molecule has 0 unspecified atom stereocenters. The van der Waals surface area contributed by atoms with Crippen LogP contribution in [0.2, 0.25) is 0 Å². The van der Waals surface area contributed by atoms with Crippen LogP contribution in [0.5, 0.6) is 0 Å². The molecule has 12 nitrogen and oxygen atoms in total. The van der Waals surface area contributed by atoms with Gasteiger partial charge in [0, 0.05) is 88.5 Å². The van der Waals surface area contributed by atoms with E-state index in [4.69, 9.17) is 19.8 Å². The second-order valence-electron chi connectivity index (χ2n) is 11.5. The molecule has 0 saturated heterocycles. The number of hydrogen-bond donors (Lipinski definition) is 8. The molecular formula is C31H64O12P2Pd. The van der Waals surface area contributed by atoms with Gasteiger partial charge in [-0.2, -0.15) is 0 Å². The van der Waals surface area contributed by atoms with E-state index in [1.54, 1.807) is 0 Å². The van der Waals surface area contributed by atoms with E-state index in [9.17, 15) is 40.9 Å². The number of hydrogen-bond acceptors (Lipinski definition) is 12. The SMILES string of the molecule is CC(=O)[O-].CC(=O)[O-].OCC(CO)CCCP(CCCC(CO)CO)CCCP(CCCC(CO)CO)CCCC(CO)CO.[Pd+2]. The van der Waals surface area contributed by atoms with E-state index in [0.717, 1.165) is 96.3 Å². The molecule has 0 rings (SSSR count). The Morgan fingerprint density at radius 2 is 0.587 bits per heavy atom. The van der Waals surface area contributed by atoms with Gasteiger partial charge in [-0.3, -0.25) is 0 Å². The quantitative estimate of drug-likeness (QED) is 0.0365. The van der Waals surface area contributed by atoms with Crippen molar-refractivity contribution in [2.24, 2.45) is 23.7 Å². The Hall–Kier alpha value is 0.142. The number of carboxylic acid groups (broad SMARTS) is 2. The Morgan fingerprint density at radius 3 is 0.739 bits per heavy atom. The summed E-state index contributed by atoms with van der Waals surface area (Å²) in [5.74, 6) is -2.33. The van der Waals surface area contributed by atoms with Gasteiger partial charge in [0.1, 0.15) is 0 Å². The number of carbonyl (C=O) groups excluding carboxylic acids is 2. The first-order valence-electron chi connectivity index (χ1n) is 16.1. The molecule has 8 N–H and O–H groups in total. The molecular weight excluding hydrogens is 733 g/mol. The molecule has 0 aliphatic rings. The monoisotopic (exact) mass is 796 g/mol. The maximum Gasteiger partial charge on any atom is 2.00 e. The van der Waals surface area contributed by atoms with Crippen LogP contribution in [0.25, 0.3) is 0 Å². The van der Waals surface area contributed by atoms with E-state index in [1.807, 2.05) is 0 Å². The van der Waals surface area contributed by atoms with Gasteiger partial charge >= 0.3 is 20.4 Å². The predicted octanol–water partition coefficient (Wildman–Crippen LogP) is -0.626. The van der Waals surface area contributed by atoms with Crippen LogP contribution in [0, 0.1) is 23.7 Å². The fourth-order valence-electron chi connectivity index (χ4n) is 4.56. The summed E-state index contributed by atoms with van der Waals surface area (Å²) in [4.78, 5) is 17.8. The van der Waals surface area contributed by atoms with Crippen molar-refractivity contribution in [2.75, 3.05) is 89.8 Å². The molecule has 0 radical (unpaired) electrons. The molecule has 0 amide bonds. The minimum Gasteiger partial charge on any atom is -0.550 e. The summed E-state index contributed by atoms with van der Waals surface area (Å²) in [5.41, 5.74) is 0. The van der Waals surface area contributed by atoms with E-state index in [-0.39, 0.29) is 113 Å². The van der Waals surface area contributed by atoms with Crippen molar-refractivity contribution < 1.29 is 81.1 Å². The Balaban J connectivity index is -0.000000870. The molecule has 0 aliphatic carbocycles. The van der Waals surface area contributed by atoms with Crippen molar-refractivity contribution >= 4 is 27.8 Å². The second kappa shape index (κ2) is 39.6. The minimum atomic E-state index is -1.08. The van der Waals surface area contributed by atoms with Crippen LogP contribution in [0.15, 0.2) is 0 Å². The standard InChI is InChI=1S/C27H58O8P2.2C2H4O2.Pd/c28-16-24(17-29)6-1-10-36(11-2-7-25(18-30)19-31)14-5-15-37(12-3-8-26(20-32)21-33)13-4-9-27(22-34)23-35;2*1-2(3)4;/h24-35H,1-23H2;2*1H3,(H,3,4);/q;;;+2/p-2. The molecule has 0 aromatic carbocycles. The molecule has 0 bridgehead atoms. The van der Waals surface area contributed by atoms with Crippen LogP contribution in [-0.2, 0) is 30.0 Å². The predicted molar refractivity (Wildman–Crippen MR) is 177 cm³/mol. The molecule has 46 heavy (non-hydrogen) atoms. The Labute approximate surface area is 293 Å². The summed E-state index contributed by atoms with van der Waals surface area (Å²) in [5, 5.41) is 92.7. The molecule has 0 spiro atoms. The van der Waals surface area contributed by atoms with Crippen molar-refractivity contribution in [3.8, 4) is 0 Å². The third kappa shape index (κ3) is 38.6. The molecule has 0 saturated carbocycles. The first-order valence-corrected chi connectivity index (χ1v) is 19.9. The largest absolute Gasteiger partial charge is 2.00 e. The third-order valence-corrected chi connectivity index (χ3v) is 13.1. The summed E-state index contributed by atoms with van der Waals surface area (Å²) >= 11 is 0. The van der Waals surface area contributed by atoms with Crippen LogP contribution < -0.4 is 10.2 Å². The average molecular weight is 797 g/mol. The Kier molecular flexibility index (Phi) is 45.6. The van der Waals surface area contributed by atoms with Gasteiger partial charge < -0.3 is 60.7 Å². The van der Waals surface area contributed by atoms with Crippen LogP contribution in [-0.4, -0.2) is 143 Å². The van der Waals surface area contributed by atoms with Gasteiger partial charge in [0.05, 0.1) is 0 Å². The van der Waals surface area contributed by atoms with Crippen LogP contribution in [0.4, 0.5) is 0 Å². The van der Waals surface area contributed by atoms with E-state index in [2.05, 4.69) is 0 Å². The molecule has 0 heterocycles. The second-order valence-corrected chi connectivity index (χ2v) is 16.9. The van der Waals surface area contributed by atoms with Gasteiger partial charge in [-0.25, -0.2) is 0 Å². The van der Waals surface area contributed by atoms with Crippen molar-refractivity contribution in [1.82, 2.24) is 0 Å². The summed E-state index contributed by atoms with van der Waals surface area (Å²) < 4.78 is 0. The molecule has 0 aromatic rings. The first kappa shape index (κ1) is 52.9. The van der Waals surface area contributed by atoms with Gasteiger partial charge in [0.15, 0.2) is 0 Å². The average Bonchev–Trinajstić information content (AvgIpc) is 3.00. The van der Waals surface area contributed by atoms with Gasteiger partial charge in [-0.05, 0) is 109 Å². The smallest absolute Gasteiger partial charge is 0.550 e. The Morgan fingerprint density at radius 1 is 0.435 bits per heavy atom. The van der Waals surface area contributed by atoms with Crippen LogP contribution >= 0.6 is 15.8 Å². The van der Waals surface area contributed by atoms with Crippen LogP contribution in [0.3, 0.4) is 0 Å². The number of aliphatic carboxylic acids is 2. The van der Waals surface area contributed by atoms with E-state index < -0.39 is 11.9 Å². The molecule has 0 aliphatic heterocycles. The molecule has 0 atom stereocenters. The summed E-state index contributed by atoms with van der Waals surface area (Å²) in [6.45, 7) is 2.12. The van der Waals surface area contributed by atoms with E-state index in [0.29, 0.717) is 0 Å². The normalized spacial score (nSPS) is 11.1. The number of aliphatic hydroxyl groups is 8. The molecule has 15 heteroatoms. The minimum absolute atomic E-state index is 0. The maximum absolute atomic E-state index is 9.37. The number of carboxylic acids is 2. The fraction of sp³-hybridized carbons (Fsp3) is 0.935. The first-order chi connectivity index (χ1) is 21.5. The number of rotatable bonds is 28. The summed E-state index contributed by atoms with van der Waals surface area (Å²) in [6, 6.07) is 0. The maximum atomic E-state index is 9.37.